The minimum Gasteiger partial charge on any atom is -0.399 e. The highest BCUT2D eigenvalue weighted by Gasteiger charge is 2.12. The Morgan fingerprint density at radius 2 is 1.77 bits per heavy atom. The number of hydrogen-bond donors (Lipinski definition) is 2. The molecule has 110 valence electrons. The Hall–Kier alpha value is -2.52. The molecule has 22 heavy (non-hydrogen) atoms. The Morgan fingerprint density at radius 1 is 1.05 bits per heavy atom. The molecular weight excluding hydrogens is 296 g/mol. The topological polar surface area (TPSA) is 55.1 Å². The van der Waals surface area contributed by atoms with E-state index < -0.39 is 0 Å². The minimum atomic E-state index is -0.179. The summed E-state index contributed by atoms with van der Waals surface area (Å²) in [6, 6.07) is 16.5. The molecular formula is C18H15ClN2O. The SMILES string of the molecule is Cc1ccc(N)cc1NC(=O)c1cccc2c(Cl)cccc12. The van der Waals surface area contributed by atoms with Crippen molar-refractivity contribution in [3.63, 3.8) is 0 Å². The first-order valence-corrected chi connectivity index (χ1v) is 7.29. The summed E-state index contributed by atoms with van der Waals surface area (Å²) in [6.45, 7) is 1.93. The van der Waals surface area contributed by atoms with E-state index in [4.69, 9.17) is 17.3 Å². The van der Waals surface area contributed by atoms with Crippen molar-refractivity contribution in [1.82, 2.24) is 0 Å². The lowest BCUT2D eigenvalue weighted by Crippen LogP contribution is -2.13. The summed E-state index contributed by atoms with van der Waals surface area (Å²) in [6.07, 6.45) is 0. The van der Waals surface area contributed by atoms with E-state index in [0.717, 1.165) is 16.3 Å². The van der Waals surface area contributed by atoms with Crippen molar-refractivity contribution >= 4 is 39.7 Å². The summed E-state index contributed by atoms with van der Waals surface area (Å²) in [7, 11) is 0. The molecule has 0 aromatic heterocycles. The van der Waals surface area contributed by atoms with E-state index in [1.807, 2.05) is 49.4 Å². The number of carbonyl (C=O) groups excluding carboxylic acids is 1. The quantitative estimate of drug-likeness (QED) is 0.678. The molecule has 4 heteroatoms. The number of rotatable bonds is 2. The molecule has 0 saturated heterocycles. The molecule has 0 atom stereocenters. The van der Waals surface area contributed by atoms with Gasteiger partial charge in [-0.15, -0.1) is 0 Å². The van der Waals surface area contributed by atoms with Gasteiger partial charge in [0.25, 0.3) is 5.91 Å². The largest absolute Gasteiger partial charge is 0.399 e. The van der Waals surface area contributed by atoms with Crippen LogP contribution in [0.5, 0.6) is 0 Å². The van der Waals surface area contributed by atoms with Crippen LogP contribution >= 0.6 is 11.6 Å². The van der Waals surface area contributed by atoms with Gasteiger partial charge in [0.05, 0.1) is 0 Å². The fourth-order valence-corrected chi connectivity index (χ4v) is 2.67. The standard InChI is InChI=1S/C18H15ClN2O/c1-11-8-9-12(20)10-17(11)21-18(22)15-6-2-5-14-13(15)4-3-7-16(14)19/h2-10H,20H2,1H3,(H,21,22). The molecule has 0 spiro atoms. The van der Waals surface area contributed by atoms with Gasteiger partial charge < -0.3 is 11.1 Å². The van der Waals surface area contributed by atoms with Crippen LogP contribution in [0.2, 0.25) is 5.02 Å². The lowest BCUT2D eigenvalue weighted by atomic mass is 10.0. The molecule has 1 amide bonds. The minimum absolute atomic E-state index is 0.179. The number of carbonyl (C=O) groups is 1. The molecule has 0 saturated carbocycles. The molecule has 0 aliphatic carbocycles. The lowest BCUT2D eigenvalue weighted by Gasteiger charge is -2.11. The summed E-state index contributed by atoms with van der Waals surface area (Å²) < 4.78 is 0. The summed E-state index contributed by atoms with van der Waals surface area (Å²) in [5.74, 6) is -0.179. The Bertz CT molecular complexity index is 874. The van der Waals surface area contributed by atoms with Crippen LogP contribution in [0.15, 0.2) is 54.6 Å². The van der Waals surface area contributed by atoms with Crippen molar-refractivity contribution in [2.75, 3.05) is 11.1 Å². The van der Waals surface area contributed by atoms with Gasteiger partial charge >= 0.3 is 0 Å². The van der Waals surface area contributed by atoms with Crippen LogP contribution in [0.4, 0.5) is 11.4 Å². The van der Waals surface area contributed by atoms with Gasteiger partial charge in [0.1, 0.15) is 0 Å². The van der Waals surface area contributed by atoms with Gasteiger partial charge in [-0.25, -0.2) is 0 Å². The van der Waals surface area contributed by atoms with Crippen LogP contribution in [-0.4, -0.2) is 5.91 Å². The maximum absolute atomic E-state index is 12.6. The number of nitrogens with one attached hydrogen (secondary N) is 1. The average Bonchev–Trinajstić information content (AvgIpc) is 2.51. The van der Waals surface area contributed by atoms with Crippen LogP contribution in [0.25, 0.3) is 10.8 Å². The second kappa shape index (κ2) is 5.70. The smallest absolute Gasteiger partial charge is 0.256 e. The van der Waals surface area contributed by atoms with E-state index in [-0.39, 0.29) is 5.91 Å². The third kappa shape index (κ3) is 2.63. The van der Waals surface area contributed by atoms with Crippen molar-refractivity contribution in [1.29, 1.82) is 0 Å². The van der Waals surface area contributed by atoms with Gasteiger partial charge in [-0.3, -0.25) is 4.79 Å². The highest BCUT2D eigenvalue weighted by Crippen LogP contribution is 2.27. The van der Waals surface area contributed by atoms with Gasteiger partial charge in [0.2, 0.25) is 0 Å². The van der Waals surface area contributed by atoms with Crippen LogP contribution in [0.3, 0.4) is 0 Å². The fourth-order valence-electron chi connectivity index (χ4n) is 2.43. The summed E-state index contributed by atoms with van der Waals surface area (Å²) in [4.78, 5) is 12.6. The molecule has 0 bridgehead atoms. The van der Waals surface area contributed by atoms with Gasteiger partial charge in [0, 0.05) is 27.3 Å². The Morgan fingerprint density at radius 3 is 2.59 bits per heavy atom. The average molecular weight is 311 g/mol. The normalized spacial score (nSPS) is 10.6. The van der Waals surface area contributed by atoms with Crippen molar-refractivity contribution in [3.05, 3.63) is 70.7 Å². The van der Waals surface area contributed by atoms with E-state index in [0.29, 0.717) is 22.0 Å². The molecule has 0 radical (unpaired) electrons. The maximum atomic E-state index is 12.6. The number of halogens is 1. The van der Waals surface area contributed by atoms with Crippen molar-refractivity contribution in [3.8, 4) is 0 Å². The van der Waals surface area contributed by atoms with Gasteiger partial charge in [-0.05, 0) is 42.1 Å². The zero-order chi connectivity index (χ0) is 15.7. The van der Waals surface area contributed by atoms with E-state index >= 15 is 0 Å². The number of nitrogens with two attached hydrogens (primary N) is 1. The third-order valence-corrected chi connectivity index (χ3v) is 3.95. The molecule has 3 rings (SSSR count). The number of hydrogen-bond acceptors (Lipinski definition) is 2. The molecule has 0 fully saturated rings. The molecule has 3 N–H and O–H groups in total. The molecule has 0 heterocycles. The monoisotopic (exact) mass is 310 g/mol. The van der Waals surface area contributed by atoms with Crippen molar-refractivity contribution in [2.24, 2.45) is 0 Å². The van der Waals surface area contributed by atoms with Crippen LogP contribution in [-0.2, 0) is 0 Å². The van der Waals surface area contributed by atoms with E-state index in [9.17, 15) is 4.79 Å². The zero-order valence-electron chi connectivity index (χ0n) is 12.1. The maximum Gasteiger partial charge on any atom is 0.256 e. The fraction of sp³-hybridized carbons (Fsp3) is 0.0556. The number of fused-ring (bicyclic) bond motifs is 1. The predicted octanol–water partition coefficient (Wildman–Crippen LogP) is 4.64. The molecule has 0 aliphatic rings. The molecule has 0 unspecified atom stereocenters. The third-order valence-electron chi connectivity index (χ3n) is 3.62. The van der Waals surface area contributed by atoms with E-state index in [1.165, 1.54) is 0 Å². The number of amides is 1. The van der Waals surface area contributed by atoms with Gasteiger partial charge in [-0.1, -0.05) is 41.9 Å². The van der Waals surface area contributed by atoms with E-state index in [1.54, 1.807) is 12.1 Å². The first kappa shape index (κ1) is 14.4. The van der Waals surface area contributed by atoms with Crippen LogP contribution in [0.1, 0.15) is 15.9 Å². The second-order valence-corrected chi connectivity index (χ2v) is 5.58. The summed E-state index contributed by atoms with van der Waals surface area (Å²) >= 11 is 6.19. The van der Waals surface area contributed by atoms with E-state index in [2.05, 4.69) is 5.32 Å². The lowest BCUT2D eigenvalue weighted by molar-refractivity contribution is 0.102. The van der Waals surface area contributed by atoms with Gasteiger partial charge in [0.15, 0.2) is 0 Å². The first-order chi connectivity index (χ1) is 10.6. The Labute approximate surface area is 133 Å². The highest BCUT2D eigenvalue weighted by atomic mass is 35.5. The number of benzene rings is 3. The highest BCUT2D eigenvalue weighted by molar-refractivity contribution is 6.36. The predicted molar refractivity (Wildman–Crippen MR) is 92.5 cm³/mol. The first-order valence-electron chi connectivity index (χ1n) is 6.91. The van der Waals surface area contributed by atoms with Crippen molar-refractivity contribution in [2.45, 2.75) is 6.92 Å². The van der Waals surface area contributed by atoms with Gasteiger partial charge in [-0.2, -0.15) is 0 Å². The number of anilines is 2. The summed E-state index contributed by atoms with van der Waals surface area (Å²) in [5.41, 5.74) is 8.65. The molecule has 3 aromatic carbocycles. The van der Waals surface area contributed by atoms with Crippen LogP contribution < -0.4 is 11.1 Å². The second-order valence-electron chi connectivity index (χ2n) is 5.17. The number of nitrogen functional groups attached to an aromatic ring is 1. The zero-order valence-corrected chi connectivity index (χ0v) is 12.8. The molecule has 3 nitrogen and oxygen atoms in total. The number of aryl methyl sites for hydroxylation is 1. The molecule has 0 aliphatic heterocycles. The van der Waals surface area contributed by atoms with Crippen LogP contribution in [0, 0.1) is 6.92 Å². The van der Waals surface area contributed by atoms with Crippen molar-refractivity contribution < 1.29 is 4.79 Å². The Kier molecular flexibility index (Phi) is 3.73. The summed E-state index contributed by atoms with van der Waals surface area (Å²) in [5, 5.41) is 5.24. The molecule has 3 aromatic rings. The Balaban J connectivity index is 2.03.